The maximum atomic E-state index is 13.4. The summed E-state index contributed by atoms with van der Waals surface area (Å²) in [7, 11) is 0. The largest absolute Gasteiger partial charge is 0.488 e. The molecule has 3 nitrogen and oxygen atoms in total. The Morgan fingerprint density at radius 3 is 2.75 bits per heavy atom. The lowest BCUT2D eigenvalue weighted by molar-refractivity contribution is 0.00734. The molecule has 0 saturated carbocycles. The van der Waals surface area contributed by atoms with Crippen LogP contribution in [0.2, 0.25) is 0 Å². The Hall–Kier alpha value is -1.60. The highest BCUT2D eigenvalue weighted by molar-refractivity contribution is 5.36. The molecule has 0 saturated heterocycles. The van der Waals surface area contributed by atoms with Crippen molar-refractivity contribution >= 4 is 0 Å². The molecule has 0 heterocycles. The second-order valence-corrected chi connectivity index (χ2v) is 3.90. The van der Waals surface area contributed by atoms with Gasteiger partial charge in [0.05, 0.1) is 17.2 Å². The Morgan fingerprint density at radius 2 is 2.25 bits per heavy atom. The molecule has 1 aromatic rings. The van der Waals surface area contributed by atoms with Crippen molar-refractivity contribution in [3.05, 3.63) is 29.6 Å². The molecule has 16 heavy (non-hydrogen) atoms. The summed E-state index contributed by atoms with van der Waals surface area (Å²) in [5.74, 6) is -0.543. The van der Waals surface area contributed by atoms with Crippen LogP contribution in [0, 0.1) is 17.1 Å². The van der Waals surface area contributed by atoms with Gasteiger partial charge in [-0.15, -0.1) is 0 Å². The Morgan fingerprint density at radius 1 is 1.56 bits per heavy atom. The fourth-order valence-corrected chi connectivity index (χ4v) is 1.02. The highest BCUT2D eigenvalue weighted by Gasteiger charge is 2.19. The molecule has 86 valence electrons. The molecule has 4 heteroatoms. The summed E-state index contributed by atoms with van der Waals surface area (Å²) < 4.78 is 18.5. The molecule has 0 radical (unpaired) electrons. The Labute approximate surface area is 94.1 Å². The molecule has 1 unspecified atom stereocenters. The number of nitrogens with zero attached hydrogens (tertiary/aromatic N) is 1. The van der Waals surface area contributed by atoms with Crippen molar-refractivity contribution in [3.63, 3.8) is 0 Å². The number of rotatable bonds is 4. The lowest BCUT2D eigenvalue weighted by atomic mass is 10.1. The molecule has 0 aromatic heterocycles. The van der Waals surface area contributed by atoms with Crippen LogP contribution in [0.5, 0.6) is 5.75 Å². The predicted molar refractivity (Wildman–Crippen MR) is 57.5 cm³/mol. The summed E-state index contributed by atoms with van der Waals surface area (Å²) in [4.78, 5) is 0. The van der Waals surface area contributed by atoms with E-state index in [1.807, 2.05) is 13.0 Å². The summed E-state index contributed by atoms with van der Waals surface area (Å²) in [6.07, 6.45) is 0.519. The van der Waals surface area contributed by atoms with Crippen LogP contribution in [0.25, 0.3) is 0 Å². The zero-order valence-electron chi connectivity index (χ0n) is 9.33. The summed E-state index contributed by atoms with van der Waals surface area (Å²) in [6.45, 7) is 3.46. The van der Waals surface area contributed by atoms with Gasteiger partial charge in [-0.1, -0.05) is 6.92 Å². The van der Waals surface area contributed by atoms with Crippen LogP contribution in [0.3, 0.4) is 0 Å². The van der Waals surface area contributed by atoms with Crippen molar-refractivity contribution in [3.8, 4) is 11.8 Å². The van der Waals surface area contributed by atoms with Crippen LogP contribution >= 0.6 is 0 Å². The molecule has 0 aliphatic carbocycles. The van der Waals surface area contributed by atoms with Gasteiger partial charge in [0.2, 0.25) is 0 Å². The van der Waals surface area contributed by atoms with Gasteiger partial charge < -0.3 is 9.84 Å². The number of benzene rings is 1. The van der Waals surface area contributed by atoms with Gasteiger partial charge in [-0.25, -0.2) is 4.39 Å². The van der Waals surface area contributed by atoms with Gasteiger partial charge in [0.25, 0.3) is 0 Å². The van der Waals surface area contributed by atoms with Gasteiger partial charge in [-0.2, -0.15) is 5.26 Å². The van der Waals surface area contributed by atoms with Crippen LogP contribution < -0.4 is 4.74 Å². The molecular weight excluding hydrogens is 209 g/mol. The normalized spacial score (nSPS) is 13.9. The van der Waals surface area contributed by atoms with Crippen molar-refractivity contribution < 1.29 is 14.2 Å². The first-order valence-corrected chi connectivity index (χ1v) is 5.03. The Kier molecular flexibility index (Phi) is 3.86. The standard InChI is InChI=1S/C12H14FNO2/c1-3-12(2,15)8-16-11-5-4-9(7-14)6-10(11)13/h4-6,15H,3,8H2,1-2H3. The number of aliphatic hydroxyl groups is 1. The summed E-state index contributed by atoms with van der Waals surface area (Å²) in [5.41, 5.74) is -0.729. The first-order valence-electron chi connectivity index (χ1n) is 5.03. The first kappa shape index (κ1) is 12.5. The monoisotopic (exact) mass is 223 g/mol. The third-order valence-electron chi connectivity index (χ3n) is 2.36. The van der Waals surface area contributed by atoms with Crippen molar-refractivity contribution in [2.24, 2.45) is 0 Å². The Balaban J connectivity index is 2.73. The molecule has 0 aliphatic rings. The minimum absolute atomic E-state index is 0.0202. The molecule has 0 aliphatic heterocycles. The average molecular weight is 223 g/mol. The first-order chi connectivity index (χ1) is 7.48. The van der Waals surface area contributed by atoms with E-state index in [1.54, 1.807) is 6.92 Å². The predicted octanol–water partition coefficient (Wildman–Crippen LogP) is 2.24. The van der Waals surface area contributed by atoms with Crippen molar-refractivity contribution in [2.75, 3.05) is 6.61 Å². The maximum absolute atomic E-state index is 13.4. The van der Waals surface area contributed by atoms with E-state index < -0.39 is 11.4 Å². The average Bonchev–Trinajstić information content (AvgIpc) is 2.27. The molecule has 1 N–H and O–H groups in total. The second-order valence-electron chi connectivity index (χ2n) is 3.90. The lowest BCUT2D eigenvalue weighted by Gasteiger charge is -2.21. The molecule has 0 bridgehead atoms. The number of hydrogen-bond donors (Lipinski definition) is 1. The van der Waals surface area contributed by atoms with Gasteiger partial charge in [-0.3, -0.25) is 0 Å². The molecule has 1 rings (SSSR count). The van der Waals surface area contributed by atoms with Crippen LogP contribution in [0.1, 0.15) is 25.8 Å². The zero-order chi connectivity index (χ0) is 12.2. The highest BCUT2D eigenvalue weighted by Crippen LogP contribution is 2.20. The fourth-order valence-electron chi connectivity index (χ4n) is 1.02. The molecule has 0 amide bonds. The smallest absolute Gasteiger partial charge is 0.166 e. The zero-order valence-corrected chi connectivity index (χ0v) is 9.33. The van der Waals surface area contributed by atoms with Crippen LogP contribution in [-0.4, -0.2) is 17.3 Å². The minimum Gasteiger partial charge on any atom is -0.488 e. The number of nitriles is 1. The Bertz CT molecular complexity index is 410. The number of ether oxygens (including phenoxy) is 1. The lowest BCUT2D eigenvalue weighted by Crippen LogP contribution is -2.31. The van der Waals surface area contributed by atoms with E-state index in [9.17, 15) is 9.50 Å². The van der Waals surface area contributed by atoms with E-state index in [1.165, 1.54) is 12.1 Å². The van der Waals surface area contributed by atoms with Crippen molar-refractivity contribution in [1.29, 1.82) is 5.26 Å². The molecule has 0 spiro atoms. The van der Waals surface area contributed by atoms with E-state index in [0.29, 0.717) is 6.42 Å². The van der Waals surface area contributed by atoms with E-state index in [2.05, 4.69) is 0 Å². The molecule has 0 fully saturated rings. The van der Waals surface area contributed by atoms with Gasteiger partial charge >= 0.3 is 0 Å². The van der Waals surface area contributed by atoms with E-state index in [4.69, 9.17) is 10.00 Å². The summed E-state index contributed by atoms with van der Waals surface area (Å²) >= 11 is 0. The summed E-state index contributed by atoms with van der Waals surface area (Å²) in [5, 5.41) is 18.2. The molecule has 1 aromatic carbocycles. The van der Waals surface area contributed by atoms with Gasteiger partial charge in [-0.05, 0) is 31.5 Å². The van der Waals surface area contributed by atoms with Gasteiger partial charge in [0.15, 0.2) is 11.6 Å². The molecular formula is C12H14FNO2. The van der Waals surface area contributed by atoms with Gasteiger partial charge in [0.1, 0.15) is 6.61 Å². The second kappa shape index (κ2) is 4.95. The quantitative estimate of drug-likeness (QED) is 0.851. The molecule has 1 atom stereocenters. The van der Waals surface area contributed by atoms with Crippen LogP contribution in [0.4, 0.5) is 4.39 Å². The van der Waals surface area contributed by atoms with Crippen molar-refractivity contribution in [2.45, 2.75) is 25.9 Å². The van der Waals surface area contributed by atoms with Crippen LogP contribution in [0.15, 0.2) is 18.2 Å². The van der Waals surface area contributed by atoms with Crippen LogP contribution in [-0.2, 0) is 0 Å². The fraction of sp³-hybridized carbons (Fsp3) is 0.417. The topological polar surface area (TPSA) is 53.2 Å². The SMILES string of the molecule is CCC(C)(O)COc1ccc(C#N)cc1F. The number of halogens is 1. The van der Waals surface area contributed by atoms with E-state index in [0.717, 1.165) is 6.07 Å². The summed E-state index contributed by atoms with van der Waals surface area (Å²) in [6, 6.07) is 5.80. The number of hydrogen-bond acceptors (Lipinski definition) is 3. The highest BCUT2D eigenvalue weighted by atomic mass is 19.1. The maximum Gasteiger partial charge on any atom is 0.166 e. The van der Waals surface area contributed by atoms with E-state index >= 15 is 0 Å². The minimum atomic E-state index is -0.972. The van der Waals surface area contributed by atoms with Gasteiger partial charge in [0, 0.05) is 0 Å². The third kappa shape index (κ3) is 3.21. The van der Waals surface area contributed by atoms with Crippen molar-refractivity contribution in [1.82, 2.24) is 0 Å². The third-order valence-corrected chi connectivity index (χ3v) is 2.36. The van der Waals surface area contributed by atoms with E-state index in [-0.39, 0.29) is 17.9 Å².